The van der Waals surface area contributed by atoms with Crippen molar-refractivity contribution in [2.24, 2.45) is 0 Å². The van der Waals surface area contributed by atoms with Gasteiger partial charge in [0, 0.05) is 43.0 Å². The molecule has 130 valence electrons. The van der Waals surface area contributed by atoms with E-state index >= 15 is 0 Å². The SMILES string of the molecule is COC(=O)/C=C/c1ccc(NC2CCn3nccc3C2)c([N+](=O)[O-])c1. The number of carbonyl (C=O) groups is 1. The van der Waals surface area contributed by atoms with Crippen LogP contribution in [0.1, 0.15) is 17.7 Å². The summed E-state index contributed by atoms with van der Waals surface area (Å²) in [6.45, 7) is 0.785. The third-order valence-electron chi connectivity index (χ3n) is 4.14. The van der Waals surface area contributed by atoms with Crippen LogP contribution in [0.15, 0.2) is 36.5 Å². The Balaban J connectivity index is 1.78. The monoisotopic (exact) mass is 342 g/mol. The van der Waals surface area contributed by atoms with E-state index in [9.17, 15) is 14.9 Å². The van der Waals surface area contributed by atoms with Crippen molar-refractivity contribution in [3.8, 4) is 0 Å². The molecule has 1 aromatic carbocycles. The van der Waals surface area contributed by atoms with Crippen molar-refractivity contribution in [1.29, 1.82) is 0 Å². The van der Waals surface area contributed by atoms with E-state index in [4.69, 9.17) is 0 Å². The molecule has 3 rings (SSSR count). The van der Waals surface area contributed by atoms with Gasteiger partial charge in [0.1, 0.15) is 5.69 Å². The Bertz CT molecular complexity index is 828. The number of hydrogen-bond acceptors (Lipinski definition) is 6. The molecule has 1 aromatic heterocycles. The molecule has 1 unspecified atom stereocenters. The van der Waals surface area contributed by atoms with E-state index in [2.05, 4.69) is 15.2 Å². The standard InChI is InChI=1S/C17H18N4O4/c1-25-17(22)5-3-12-2-4-15(16(10-12)21(23)24)19-13-7-9-20-14(11-13)6-8-18-20/h2-6,8,10,13,19H,7,9,11H2,1H3/b5-3+. The molecule has 0 fully saturated rings. The first-order valence-electron chi connectivity index (χ1n) is 7.88. The van der Waals surface area contributed by atoms with E-state index in [1.54, 1.807) is 18.3 Å². The third kappa shape index (κ3) is 3.85. The minimum Gasteiger partial charge on any atom is -0.466 e. The second-order valence-corrected chi connectivity index (χ2v) is 5.77. The van der Waals surface area contributed by atoms with E-state index in [-0.39, 0.29) is 11.7 Å². The predicted octanol–water partition coefficient (Wildman–Crippen LogP) is 2.40. The zero-order valence-electron chi connectivity index (χ0n) is 13.7. The molecular formula is C17H18N4O4. The van der Waals surface area contributed by atoms with Gasteiger partial charge in [-0.15, -0.1) is 0 Å². The molecule has 8 nitrogen and oxygen atoms in total. The smallest absolute Gasteiger partial charge is 0.330 e. The van der Waals surface area contributed by atoms with Gasteiger partial charge in [-0.05, 0) is 30.2 Å². The summed E-state index contributed by atoms with van der Waals surface area (Å²) >= 11 is 0. The Morgan fingerprint density at radius 2 is 2.32 bits per heavy atom. The van der Waals surface area contributed by atoms with Crippen LogP contribution < -0.4 is 5.32 Å². The van der Waals surface area contributed by atoms with Crippen molar-refractivity contribution in [3.05, 3.63) is 57.9 Å². The molecule has 1 aliphatic heterocycles. The number of benzene rings is 1. The minimum absolute atomic E-state index is 0.0221. The first-order valence-corrected chi connectivity index (χ1v) is 7.88. The number of nitrogens with zero attached hydrogens (tertiary/aromatic N) is 3. The molecule has 1 N–H and O–H groups in total. The van der Waals surface area contributed by atoms with Gasteiger partial charge in [-0.2, -0.15) is 5.10 Å². The average molecular weight is 342 g/mol. The van der Waals surface area contributed by atoms with Crippen molar-refractivity contribution in [3.63, 3.8) is 0 Å². The Morgan fingerprint density at radius 1 is 1.48 bits per heavy atom. The van der Waals surface area contributed by atoms with Crippen molar-refractivity contribution in [1.82, 2.24) is 9.78 Å². The van der Waals surface area contributed by atoms with Gasteiger partial charge in [0.15, 0.2) is 0 Å². The number of ether oxygens (including phenoxy) is 1. The number of aromatic nitrogens is 2. The molecule has 2 aromatic rings. The quantitative estimate of drug-likeness (QED) is 0.388. The molecule has 0 amide bonds. The Hall–Kier alpha value is -3.16. The Labute approximate surface area is 144 Å². The van der Waals surface area contributed by atoms with Crippen molar-refractivity contribution in [2.75, 3.05) is 12.4 Å². The molecular weight excluding hydrogens is 324 g/mol. The normalized spacial score (nSPS) is 16.4. The number of carbonyl (C=O) groups excluding carboxylic acids is 1. The van der Waals surface area contributed by atoms with Gasteiger partial charge in [-0.3, -0.25) is 14.8 Å². The summed E-state index contributed by atoms with van der Waals surface area (Å²) in [4.78, 5) is 22.1. The van der Waals surface area contributed by atoms with Gasteiger partial charge in [0.05, 0.1) is 12.0 Å². The number of rotatable bonds is 5. The average Bonchev–Trinajstić information content (AvgIpc) is 3.08. The Kier molecular flexibility index (Phi) is 4.78. The summed E-state index contributed by atoms with van der Waals surface area (Å²) in [5, 5.41) is 18.9. The summed E-state index contributed by atoms with van der Waals surface area (Å²) in [7, 11) is 1.28. The zero-order valence-corrected chi connectivity index (χ0v) is 13.7. The number of aryl methyl sites for hydroxylation is 1. The first-order chi connectivity index (χ1) is 12.1. The van der Waals surface area contributed by atoms with Gasteiger partial charge < -0.3 is 10.1 Å². The molecule has 1 atom stereocenters. The number of methoxy groups -OCH3 is 1. The molecule has 0 spiro atoms. The summed E-state index contributed by atoms with van der Waals surface area (Å²) < 4.78 is 6.47. The van der Waals surface area contributed by atoms with Gasteiger partial charge in [0.25, 0.3) is 5.69 Å². The molecule has 0 saturated carbocycles. The van der Waals surface area contributed by atoms with Crippen LogP contribution in [0.3, 0.4) is 0 Å². The number of fused-ring (bicyclic) bond motifs is 1. The second-order valence-electron chi connectivity index (χ2n) is 5.77. The lowest BCUT2D eigenvalue weighted by atomic mass is 10.0. The highest BCUT2D eigenvalue weighted by Crippen LogP contribution is 2.28. The maximum absolute atomic E-state index is 11.4. The second kappa shape index (κ2) is 7.16. The van der Waals surface area contributed by atoms with E-state index in [1.807, 2.05) is 10.7 Å². The highest BCUT2D eigenvalue weighted by molar-refractivity contribution is 5.87. The maximum Gasteiger partial charge on any atom is 0.330 e. The lowest BCUT2D eigenvalue weighted by Gasteiger charge is -2.25. The summed E-state index contributed by atoms with van der Waals surface area (Å²) in [6, 6.07) is 6.90. The van der Waals surface area contributed by atoms with Gasteiger partial charge in [-0.1, -0.05) is 6.07 Å². The van der Waals surface area contributed by atoms with Crippen molar-refractivity contribution < 1.29 is 14.5 Å². The van der Waals surface area contributed by atoms with Gasteiger partial charge in [-0.25, -0.2) is 4.79 Å². The van der Waals surface area contributed by atoms with Crippen LogP contribution in [-0.4, -0.2) is 33.8 Å². The van der Waals surface area contributed by atoms with Crippen LogP contribution in [0.2, 0.25) is 0 Å². The van der Waals surface area contributed by atoms with E-state index in [0.29, 0.717) is 11.3 Å². The molecule has 1 aliphatic rings. The Morgan fingerprint density at radius 3 is 3.08 bits per heavy atom. The van der Waals surface area contributed by atoms with E-state index in [1.165, 1.54) is 25.3 Å². The fourth-order valence-electron chi connectivity index (χ4n) is 2.87. The number of nitrogens with one attached hydrogen (secondary N) is 1. The highest BCUT2D eigenvalue weighted by Gasteiger charge is 2.22. The summed E-state index contributed by atoms with van der Waals surface area (Å²) in [5.74, 6) is -0.510. The molecule has 25 heavy (non-hydrogen) atoms. The van der Waals surface area contributed by atoms with Crippen LogP contribution in [0.25, 0.3) is 6.08 Å². The van der Waals surface area contributed by atoms with Gasteiger partial charge >= 0.3 is 5.97 Å². The number of anilines is 1. The number of nitro groups is 1. The number of nitro benzene ring substituents is 1. The molecule has 0 bridgehead atoms. The highest BCUT2D eigenvalue weighted by atomic mass is 16.6. The fourth-order valence-corrected chi connectivity index (χ4v) is 2.87. The number of esters is 1. The van der Waals surface area contributed by atoms with E-state index in [0.717, 1.165) is 25.1 Å². The van der Waals surface area contributed by atoms with Crippen LogP contribution >= 0.6 is 0 Å². The lowest BCUT2D eigenvalue weighted by Crippen LogP contribution is -2.30. The summed E-state index contributed by atoms with van der Waals surface area (Å²) in [6.07, 6.45) is 6.09. The summed E-state index contributed by atoms with van der Waals surface area (Å²) in [5.41, 5.74) is 2.12. The van der Waals surface area contributed by atoms with Crippen LogP contribution in [-0.2, 0) is 22.5 Å². The predicted molar refractivity (Wildman–Crippen MR) is 92.1 cm³/mol. The minimum atomic E-state index is -0.510. The van der Waals surface area contributed by atoms with Crippen LogP contribution in [0.4, 0.5) is 11.4 Å². The molecule has 0 radical (unpaired) electrons. The molecule has 2 heterocycles. The number of hydrogen-bond donors (Lipinski definition) is 1. The largest absolute Gasteiger partial charge is 0.466 e. The zero-order chi connectivity index (χ0) is 17.8. The van der Waals surface area contributed by atoms with Crippen molar-refractivity contribution >= 4 is 23.4 Å². The fraction of sp³-hybridized carbons (Fsp3) is 0.294. The molecule has 8 heteroatoms. The van der Waals surface area contributed by atoms with Crippen molar-refractivity contribution in [2.45, 2.75) is 25.4 Å². The van der Waals surface area contributed by atoms with E-state index < -0.39 is 10.9 Å². The molecule has 0 saturated heterocycles. The van der Waals surface area contributed by atoms with Crippen LogP contribution in [0.5, 0.6) is 0 Å². The first kappa shape index (κ1) is 16.7. The third-order valence-corrected chi connectivity index (χ3v) is 4.14. The molecule has 0 aliphatic carbocycles. The van der Waals surface area contributed by atoms with Gasteiger partial charge in [0.2, 0.25) is 0 Å². The topological polar surface area (TPSA) is 99.3 Å². The maximum atomic E-state index is 11.4. The van der Waals surface area contributed by atoms with Crippen LogP contribution in [0, 0.1) is 10.1 Å². The lowest BCUT2D eigenvalue weighted by molar-refractivity contribution is -0.384.